The van der Waals surface area contributed by atoms with Crippen LogP contribution in [0.15, 0.2) is 36.5 Å². The largest absolute Gasteiger partial charge is 0.506 e. The molecule has 5 heteroatoms. The van der Waals surface area contributed by atoms with E-state index in [0.717, 1.165) is 22.6 Å². The number of hydrogen-bond donors (Lipinski definition) is 3. The number of aromatic nitrogens is 1. The van der Waals surface area contributed by atoms with Crippen LogP contribution in [0, 0.1) is 6.92 Å². The summed E-state index contributed by atoms with van der Waals surface area (Å²) < 4.78 is 0. The molecule has 0 aliphatic heterocycles. The number of benzene rings is 1. The van der Waals surface area contributed by atoms with Gasteiger partial charge in [-0.15, -0.1) is 0 Å². The van der Waals surface area contributed by atoms with Gasteiger partial charge >= 0.3 is 0 Å². The van der Waals surface area contributed by atoms with Crippen molar-refractivity contribution in [2.45, 2.75) is 20.4 Å². The third kappa shape index (κ3) is 3.71. The molecule has 0 fully saturated rings. The van der Waals surface area contributed by atoms with Gasteiger partial charge < -0.3 is 15.7 Å². The molecule has 1 heterocycles. The monoisotopic (exact) mass is 271 g/mol. The van der Waals surface area contributed by atoms with Crippen molar-refractivity contribution in [3.05, 3.63) is 47.8 Å². The number of hydrogen-bond acceptors (Lipinski definition) is 4. The number of nitrogens with zero attached hydrogens (tertiary/aromatic N) is 1. The number of aryl methyl sites for hydroxylation is 1. The molecule has 0 atom stereocenters. The third-order valence-corrected chi connectivity index (χ3v) is 2.83. The van der Waals surface area contributed by atoms with E-state index in [1.54, 1.807) is 12.1 Å². The second kappa shape index (κ2) is 6.06. The molecule has 1 aromatic carbocycles. The number of amides is 1. The Morgan fingerprint density at radius 2 is 2.10 bits per heavy atom. The van der Waals surface area contributed by atoms with Crippen molar-refractivity contribution in [3.63, 3.8) is 0 Å². The van der Waals surface area contributed by atoms with Gasteiger partial charge in [0.1, 0.15) is 5.75 Å². The van der Waals surface area contributed by atoms with Crippen molar-refractivity contribution in [1.29, 1.82) is 0 Å². The number of rotatable bonds is 4. The van der Waals surface area contributed by atoms with Gasteiger partial charge in [0.25, 0.3) is 0 Å². The molecule has 1 aromatic heterocycles. The highest BCUT2D eigenvalue weighted by molar-refractivity contribution is 5.89. The first-order valence-corrected chi connectivity index (χ1v) is 6.30. The Balaban J connectivity index is 2.08. The Morgan fingerprint density at radius 3 is 2.75 bits per heavy atom. The van der Waals surface area contributed by atoms with Crippen molar-refractivity contribution in [2.24, 2.45) is 0 Å². The Bertz CT molecular complexity index is 609. The van der Waals surface area contributed by atoms with Crippen LogP contribution in [0.3, 0.4) is 0 Å². The van der Waals surface area contributed by atoms with Gasteiger partial charge in [-0.1, -0.05) is 6.07 Å². The molecule has 1 amide bonds. The first-order valence-electron chi connectivity index (χ1n) is 6.30. The highest BCUT2D eigenvalue weighted by Crippen LogP contribution is 2.21. The molecule has 0 aliphatic rings. The molecule has 0 bridgehead atoms. The maximum absolute atomic E-state index is 11.1. The molecule has 0 saturated heterocycles. The van der Waals surface area contributed by atoms with E-state index < -0.39 is 0 Å². The van der Waals surface area contributed by atoms with Crippen LogP contribution in [-0.4, -0.2) is 16.0 Å². The summed E-state index contributed by atoms with van der Waals surface area (Å²) in [7, 11) is 0. The average Bonchev–Trinajstić information content (AvgIpc) is 2.40. The van der Waals surface area contributed by atoms with Crippen LogP contribution in [-0.2, 0) is 11.3 Å². The van der Waals surface area contributed by atoms with Crippen LogP contribution in [0.2, 0.25) is 0 Å². The van der Waals surface area contributed by atoms with Gasteiger partial charge in [0.15, 0.2) is 0 Å². The zero-order valence-electron chi connectivity index (χ0n) is 11.5. The average molecular weight is 271 g/mol. The minimum absolute atomic E-state index is 0.0972. The van der Waals surface area contributed by atoms with E-state index in [2.05, 4.69) is 15.6 Å². The quantitative estimate of drug-likeness (QED) is 0.799. The number of carbonyl (C=O) groups is 1. The summed E-state index contributed by atoms with van der Waals surface area (Å²) >= 11 is 0. The summed E-state index contributed by atoms with van der Waals surface area (Å²) in [4.78, 5) is 15.2. The fraction of sp³-hybridized carbons (Fsp3) is 0.200. The predicted molar refractivity (Wildman–Crippen MR) is 78.7 cm³/mol. The number of anilines is 2. The molecule has 0 radical (unpaired) electrons. The number of carbonyl (C=O) groups excluding carboxylic acids is 1. The van der Waals surface area contributed by atoms with Crippen LogP contribution < -0.4 is 10.6 Å². The Labute approximate surface area is 117 Å². The lowest BCUT2D eigenvalue weighted by Gasteiger charge is -2.11. The third-order valence-electron chi connectivity index (χ3n) is 2.83. The van der Waals surface area contributed by atoms with E-state index >= 15 is 0 Å². The van der Waals surface area contributed by atoms with Crippen LogP contribution in [0.5, 0.6) is 5.75 Å². The predicted octanol–water partition coefficient (Wildman–Crippen LogP) is 2.67. The second-order valence-corrected chi connectivity index (χ2v) is 4.57. The molecule has 3 N–H and O–H groups in total. The van der Waals surface area contributed by atoms with E-state index in [4.69, 9.17) is 0 Å². The van der Waals surface area contributed by atoms with Crippen molar-refractivity contribution in [2.75, 3.05) is 10.6 Å². The molecule has 5 nitrogen and oxygen atoms in total. The molecular weight excluding hydrogens is 254 g/mol. The zero-order valence-corrected chi connectivity index (χ0v) is 11.5. The summed E-state index contributed by atoms with van der Waals surface area (Å²) in [6.07, 6.45) is 1.41. The van der Waals surface area contributed by atoms with Gasteiger partial charge in [-0.05, 0) is 36.8 Å². The highest BCUT2D eigenvalue weighted by atomic mass is 16.3. The van der Waals surface area contributed by atoms with Crippen LogP contribution in [0.4, 0.5) is 11.4 Å². The molecule has 20 heavy (non-hydrogen) atoms. The molecule has 2 rings (SSSR count). The first-order chi connectivity index (χ1) is 9.54. The maximum Gasteiger partial charge on any atom is 0.221 e. The number of pyridine rings is 1. The number of aromatic hydroxyl groups is 1. The highest BCUT2D eigenvalue weighted by Gasteiger charge is 2.02. The first kappa shape index (κ1) is 13.9. The summed E-state index contributed by atoms with van der Waals surface area (Å²) in [5, 5.41) is 15.2. The smallest absolute Gasteiger partial charge is 0.221 e. The van der Waals surface area contributed by atoms with E-state index in [0.29, 0.717) is 6.54 Å². The minimum Gasteiger partial charge on any atom is -0.506 e. The minimum atomic E-state index is -0.0972. The van der Waals surface area contributed by atoms with Gasteiger partial charge in [-0.3, -0.25) is 9.78 Å². The van der Waals surface area contributed by atoms with E-state index in [-0.39, 0.29) is 11.7 Å². The van der Waals surface area contributed by atoms with E-state index in [1.807, 2.05) is 25.1 Å². The summed E-state index contributed by atoms with van der Waals surface area (Å²) in [6.45, 7) is 4.02. The summed E-state index contributed by atoms with van der Waals surface area (Å²) in [6, 6.07) is 9.05. The topological polar surface area (TPSA) is 74.2 Å². The molecule has 104 valence electrons. The fourth-order valence-electron chi connectivity index (χ4n) is 1.80. The molecular formula is C15H17N3O2. The molecule has 0 aliphatic carbocycles. The summed E-state index contributed by atoms with van der Waals surface area (Å²) in [5.41, 5.74) is 3.60. The van der Waals surface area contributed by atoms with Crippen LogP contribution >= 0.6 is 0 Å². The SMILES string of the molecule is CC(=O)Nc1ccc(C)c(NCc2ccc(O)cn2)c1. The van der Waals surface area contributed by atoms with Crippen LogP contribution in [0.1, 0.15) is 18.2 Å². The standard InChI is InChI=1S/C15H17N3O2/c1-10-3-4-12(18-11(2)19)7-15(10)17-8-13-5-6-14(20)9-16-13/h3-7,9,17,20H,8H2,1-2H3,(H,18,19). The second-order valence-electron chi connectivity index (χ2n) is 4.57. The number of nitrogens with one attached hydrogen (secondary N) is 2. The lowest BCUT2D eigenvalue weighted by Crippen LogP contribution is -2.07. The maximum atomic E-state index is 11.1. The lowest BCUT2D eigenvalue weighted by atomic mass is 10.1. The molecule has 2 aromatic rings. The van der Waals surface area contributed by atoms with E-state index in [1.165, 1.54) is 13.1 Å². The van der Waals surface area contributed by atoms with Crippen molar-refractivity contribution < 1.29 is 9.90 Å². The molecule has 0 spiro atoms. The van der Waals surface area contributed by atoms with Gasteiger partial charge in [-0.25, -0.2) is 0 Å². The van der Waals surface area contributed by atoms with Crippen molar-refractivity contribution in [3.8, 4) is 5.75 Å². The Hall–Kier alpha value is -2.56. The lowest BCUT2D eigenvalue weighted by molar-refractivity contribution is -0.114. The van der Waals surface area contributed by atoms with Gasteiger partial charge in [-0.2, -0.15) is 0 Å². The van der Waals surface area contributed by atoms with Crippen molar-refractivity contribution >= 4 is 17.3 Å². The Kier molecular flexibility index (Phi) is 4.20. The van der Waals surface area contributed by atoms with Gasteiger partial charge in [0.2, 0.25) is 5.91 Å². The normalized spacial score (nSPS) is 10.1. The molecule has 0 unspecified atom stereocenters. The Morgan fingerprint density at radius 1 is 1.30 bits per heavy atom. The van der Waals surface area contributed by atoms with Gasteiger partial charge in [0, 0.05) is 18.3 Å². The zero-order chi connectivity index (χ0) is 14.5. The van der Waals surface area contributed by atoms with Crippen molar-refractivity contribution in [1.82, 2.24) is 4.98 Å². The van der Waals surface area contributed by atoms with E-state index in [9.17, 15) is 9.90 Å². The van der Waals surface area contributed by atoms with Crippen LogP contribution in [0.25, 0.3) is 0 Å². The van der Waals surface area contributed by atoms with Gasteiger partial charge in [0.05, 0.1) is 18.4 Å². The molecule has 0 saturated carbocycles. The summed E-state index contributed by atoms with van der Waals surface area (Å²) in [5.74, 6) is 0.0533. The fourth-order valence-corrected chi connectivity index (χ4v) is 1.80.